The van der Waals surface area contributed by atoms with Gasteiger partial charge in [0.15, 0.2) is 0 Å². The number of alkyl halides is 3. The molecular formula is C20H15F3N2O2S. The highest BCUT2D eigenvalue weighted by atomic mass is 32.2. The summed E-state index contributed by atoms with van der Waals surface area (Å²) in [5.41, 5.74) is 0.124. The van der Waals surface area contributed by atoms with Gasteiger partial charge in [0.05, 0.1) is 23.5 Å². The van der Waals surface area contributed by atoms with Crippen LogP contribution in [0.25, 0.3) is 0 Å². The number of hydrogen-bond acceptors (Lipinski definition) is 3. The first-order valence-electron chi connectivity index (χ1n) is 8.29. The SMILES string of the molecule is O=C(CN1C(=O)CSc2ccccc21)NCC#Cc1cccc(C(F)(F)F)c1. The Morgan fingerprint density at radius 1 is 1.18 bits per heavy atom. The van der Waals surface area contributed by atoms with Crippen LogP contribution in [0.15, 0.2) is 53.4 Å². The van der Waals surface area contributed by atoms with E-state index in [-0.39, 0.29) is 30.3 Å². The molecule has 1 aliphatic heterocycles. The third-order valence-electron chi connectivity index (χ3n) is 3.91. The fraction of sp³-hybridized carbons (Fsp3) is 0.200. The maximum atomic E-state index is 12.7. The minimum Gasteiger partial charge on any atom is -0.344 e. The van der Waals surface area contributed by atoms with Gasteiger partial charge in [0.1, 0.15) is 6.54 Å². The van der Waals surface area contributed by atoms with Gasteiger partial charge in [-0.1, -0.05) is 30.0 Å². The predicted molar refractivity (Wildman–Crippen MR) is 101 cm³/mol. The van der Waals surface area contributed by atoms with Crippen LogP contribution in [0, 0.1) is 11.8 Å². The van der Waals surface area contributed by atoms with Crippen molar-refractivity contribution in [3.8, 4) is 11.8 Å². The number of benzene rings is 2. The topological polar surface area (TPSA) is 49.4 Å². The van der Waals surface area contributed by atoms with Crippen molar-refractivity contribution >= 4 is 29.3 Å². The van der Waals surface area contributed by atoms with E-state index in [2.05, 4.69) is 17.2 Å². The van der Waals surface area contributed by atoms with Crippen molar-refractivity contribution in [2.24, 2.45) is 0 Å². The van der Waals surface area contributed by atoms with Gasteiger partial charge in [0.2, 0.25) is 11.8 Å². The maximum Gasteiger partial charge on any atom is 0.416 e. The Morgan fingerprint density at radius 2 is 1.96 bits per heavy atom. The summed E-state index contributed by atoms with van der Waals surface area (Å²) in [6.07, 6.45) is -4.43. The monoisotopic (exact) mass is 404 g/mol. The third-order valence-corrected chi connectivity index (χ3v) is 4.95. The third kappa shape index (κ3) is 4.87. The summed E-state index contributed by atoms with van der Waals surface area (Å²) in [5, 5.41) is 2.56. The standard InChI is InChI=1S/C20H15F3N2O2S/c21-20(22,23)15-7-3-5-14(11-15)6-4-10-24-18(26)12-25-16-8-1-2-9-17(16)28-13-19(25)27/h1-3,5,7-9,11H,10,12-13H2,(H,24,26). The molecule has 0 fully saturated rings. The Kier molecular flexibility index (Phi) is 5.95. The number of nitrogens with zero attached hydrogens (tertiary/aromatic N) is 1. The van der Waals surface area contributed by atoms with Gasteiger partial charge in [-0.15, -0.1) is 11.8 Å². The van der Waals surface area contributed by atoms with Crippen molar-refractivity contribution in [1.29, 1.82) is 0 Å². The van der Waals surface area contributed by atoms with E-state index in [0.29, 0.717) is 5.69 Å². The van der Waals surface area contributed by atoms with Gasteiger partial charge in [-0.05, 0) is 30.3 Å². The molecule has 2 aromatic carbocycles. The smallest absolute Gasteiger partial charge is 0.344 e. The second-order valence-electron chi connectivity index (χ2n) is 5.89. The fourth-order valence-corrected chi connectivity index (χ4v) is 3.52. The highest BCUT2D eigenvalue weighted by molar-refractivity contribution is 8.00. The number of fused-ring (bicyclic) bond motifs is 1. The summed E-state index contributed by atoms with van der Waals surface area (Å²) in [4.78, 5) is 26.6. The van der Waals surface area contributed by atoms with Crippen LogP contribution in [0.1, 0.15) is 11.1 Å². The molecule has 0 atom stereocenters. The van der Waals surface area contributed by atoms with Crippen LogP contribution in [0.4, 0.5) is 18.9 Å². The summed E-state index contributed by atoms with van der Waals surface area (Å²) in [7, 11) is 0. The Hall–Kier alpha value is -2.92. The summed E-state index contributed by atoms with van der Waals surface area (Å²) >= 11 is 1.42. The molecule has 0 saturated carbocycles. The number of carbonyl (C=O) groups is 2. The molecule has 0 aliphatic carbocycles. The predicted octanol–water partition coefficient (Wildman–Crippen LogP) is 3.31. The molecule has 0 saturated heterocycles. The van der Waals surface area contributed by atoms with Crippen LogP contribution in [0.3, 0.4) is 0 Å². The lowest BCUT2D eigenvalue weighted by Gasteiger charge is -2.28. The van der Waals surface area contributed by atoms with Crippen molar-refractivity contribution in [3.05, 3.63) is 59.7 Å². The van der Waals surface area contributed by atoms with Crippen molar-refractivity contribution in [2.75, 3.05) is 23.7 Å². The molecule has 0 bridgehead atoms. The van der Waals surface area contributed by atoms with E-state index in [0.717, 1.165) is 17.0 Å². The summed E-state index contributed by atoms with van der Waals surface area (Å²) in [6, 6.07) is 12.0. The van der Waals surface area contributed by atoms with Crippen LogP contribution < -0.4 is 10.2 Å². The summed E-state index contributed by atoms with van der Waals surface area (Å²) in [5.74, 6) is 4.92. The molecule has 144 valence electrons. The maximum absolute atomic E-state index is 12.7. The van der Waals surface area contributed by atoms with Crippen molar-refractivity contribution < 1.29 is 22.8 Å². The van der Waals surface area contributed by atoms with Gasteiger partial charge >= 0.3 is 6.18 Å². The average Bonchev–Trinajstić information content (AvgIpc) is 2.67. The highest BCUT2D eigenvalue weighted by Crippen LogP contribution is 2.34. The summed E-state index contributed by atoms with van der Waals surface area (Å²) < 4.78 is 38.0. The molecule has 1 heterocycles. The lowest BCUT2D eigenvalue weighted by molar-refractivity contribution is -0.137. The first-order valence-corrected chi connectivity index (χ1v) is 9.28. The van der Waals surface area contributed by atoms with E-state index in [4.69, 9.17) is 0 Å². The molecule has 0 unspecified atom stereocenters. The van der Waals surface area contributed by atoms with Crippen molar-refractivity contribution in [2.45, 2.75) is 11.1 Å². The van der Waals surface area contributed by atoms with Gasteiger partial charge in [0, 0.05) is 10.5 Å². The number of nitrogens with one attached hydrogen (secondary N) is 1. The van der Waals surface area contributed by atoms with Crippen LogP contribution in [-0.4, -0.2) is 30.7 Å². The van der Waals surface area contributed by atoms with E-state index in [1.54, 1.807) is 12.1 Å². The Bertz CT molecular complexity index is 964. The number of para-hydroxylation sites is 1. The highest BCUT2D eigenvalue weighted by Gasteiger charge is 2.30. The van der Waals surface area contributed by atoms with Gasteiger partial charge in [-0.3, -0.25) is 9.59 Å². The molecular weight excluding hydrogens is 389 g/mol. The first kappa shape index (κ1) is 19.8. The van der Waals surface area contributed by atoms with Crippen LogP contribution >= 0.6 is 11.8 Å². The molecule has 2 aromatic rings. The zero-order valence-electron chi connectivity index (χ0n) is 14.5. The van der Waals surface area contributed by atoms with E-state index >= 15 is 0 Å². The van der Waals surface area contributed by atoms with Crippen LogP contribution in [0.2, 0.25) is 0 Å². The molecule has 4 nitrogen and oxygen atoms in total. The Labute approximate surface area is 164 Å². The van der Waals surface area contributed by atoms with Crippen molar-refractivity contribution in [3.63, 3.8) is 0 Å². The van der Waals surface area contributed by atoms with E-state index < -0.39 is 17.6 Å². The number of halogens is 3. The number of hydrogen-bond donors (Lipinski definition) is 1. The average molecular weight is 404 g/mol. The Balaban J connectivity index is 1.58. The lowest BCUT2D eigenvalue weighted by atomic mass is 10.1. The number of rotatable bonds is 3. The van der Waals surface area contributed by atoms with Gasteiger partial charge in [0.25, 0.3) is 0 Å². The molecule has 0 radical (unpaired) electrons. The minimum atomic E-state index is -4.43. The van der Waals surface area contributed by atoms with E-state index in [1.165, 1.54) is 28.8 Å². The molecule has 28 heavy (non-hydrogen) atoms. The van der Waals surface area contributed by atoms with E-state index in [9.17, 15) is 22.8 Å². The minimum absolute atomic E-state index is 0.0342. The van der Waals surface area contributed by atoms with Gasteiger partial charge in [-0.25, -0.2) is 0 Å². The molecule has 3 rings (SSSR count). The number of anilines is 1. The van der Waals surface area contributed by atoms with Crippen LogP contribution in [-0.2, 0) is 15.8 Å². The van der Waals surface area contributed by atoms with E-state index in [1.807, 2.05) is 12.1 Å². The second kappa shape index (κ2) is 8.40. The Morgan fingerprint density at radius 3 is 2.75 bits per heavy atom. The first-order chi connectivity index (χ1) is 13.3. The number of carbonyl (C=O) groups excluding carboxylic acids is 2. The van der Waals surface area contributed by atoms with Gasteiger partial charge < -0.3 is 10.2 Å². The molecule has 0 aromatic heterocycles. The zero-order chi connectivity index (χ0) is 20.1. The van der Waals surface area contributed by atoms with Crippen LogP contribution in [0.5, 0.6) is 0 Å². The van der Waals surface area contributed by atoms with Crippen molar-refractivity contribution in [1.82, 2.24) is 5.32 Å². The number of amides is 2. The molecule has 8 heteroatoms. The molecule has 1 N–H and O–H groups in total. The zero-order valence-corrected chi connectivity index (χ0v) is 15.4. The number of thioether (sulfide) groups is 1. The molecule has 2 amide bonds. The summed E-state index contributed by atoms with van der Waals surface area (Å²) in [6.45, 7) is -0.171. The van der Waals surface area contributed by atoms with Gasteiger partial charge in [-0.2, -0.15) is 13.2 Å². The fourth-order valence-electron chi connectivity index (χ4n) is 2.59. The molecule has 0 spiro atoms. The second-order valence-corrected chi connectivity index (χ2v) is 6.91. The largest absolute Gasteiger partial charge is 0.416 e. The normalized spacial score (nSPS) is 13.4. The lowest BCUT2D eigenvalue weighted by Crippen LogP contribution is -2.43. The molecule has 1 aliphatic rings. The quantitative estimate of drug-likeness (QED) is 0.799.